The van der Waals surface area contributed by atoms with Gasteiger partial charge in [-0.2, -0.15) is 0 Å². The number of nitrogens with two attached hydrogens (primary N) is 2. The summed E-state index contributed by atoms with van der Waals surface area (Å²) in [6.45, 7) is 2.86. The van der Waals surface area contributed by atoms with Crippen molar-refractivity contribution in [3.05, 3.63) is 29.6 Å². The van der Waals surface area contributed by atoms with E-state index in [0.717, 1.165) is 38.6 Å². The topological polar surface area (TPSA) is 72.3 Å². The van der Waals surface area contributed by atoms with Gasteiger partial charge in [-0.3, -0.25) is 4.79 Å². The quantitative estimate of drug-likeness (QED) is 0.875. The molecule has 1 saturated carbocycles. The van der Waals surface area contributed by atoms with E-state index < -0.39 is 11.7 Å². The summed E-state index contributed by atoms with van der Waals surface area (Å²) in [5, 5.41) is 0. The first kappa shape index (κ1) is 15.8. The van der Waals surface area contributed by atoms with Crippen molar-refractivity contribution in [1.82, 2.24) is 0 Å². The Morgan fingerprint density at radius 2 is 2.00 bits per heavy atom. The van der Waals surface area contributed by atoms with E-state index in [0.29, 0.717) is 11.7 Å². The SMILES string of the molecule is CCCN(c1cccc(F)c1C(N)=O)C1CCC(N)CC1. The Labute approximate surface area is 125 Å². The van der Waals surface area contributed by atoms with Gasteiger partial charge in [-0.05, 0) is 44.2 Å². The molecule has 0 spiro atoms. The molecule has 21 heavy (non-hydrogen) atoms. The van der Waals surface area contributed by atoms with E-state index in [1.807, 2.05) is 0 Å². The second kappa shape index (κ2) is 6.89. The molecule has 1 aromatic carbocycles. The summed E-state index contributed by atoms with van der Waals surface area (Å²) < 4.78 is 14.0. The highest BCUT2D eigenvalue weighted by atomic mass is 19.1. The summed E-state index contributed by atoms with van der Waals surface area (Å²) in [4.78, 5) is 13.8. The smallest absolute Gasteiger partial charge is 0.253 e. The minimum absolute atomic E-state index is 0.000761. The molecule has 1 aromatic rings. The molecule has 4 N–H and O–H groups in total. The second-order valence-electron chi connectivity index (χ2n) is 5.76. The molecule has 1 amide bonds. The summed E-state index contributed by atoms with van der Waals surface area (Å²) in [5.41, 5.74) is 12.0. The zero-order valence-corrected chi connectivity index (χ0v) is 12.5. The Bertz CT molecular complexity index is 498. The Balaban J connectivity index is 2.34. The summed E-state index contributed by atoms with van der Waals surface area (Å²) in [6, 6.07) is 5.25. The van der Waals surface area contributed by atoms with Crippen LogP contribution in [0.15, 0.2) is 18.2 Å². The number of hydrogen-bond acceptors (Lipinski definition) is 3. The number of primary amides is 1. The van der Waals surface area contributed by atoms with E-state index in [1.54, 1.807) is 12.1 Å². The second-order valence-corrected chi connectivity index (χ2v) is 5.76. The average molecular weight is 293 g/mol. The number of anilines is 1. The molecule has 2 rings (SSSR count). The van der Waals surface area contributed by atoms with Crippen LogP contribution in [0.1, 0.15) is 49.4 Å². The van der Waals surface area contributed by atoms with Gasteiger partial charge >= 0.3 is 0 Å². The van der Waals surface area contributed by atoms with Crippen molar-refractivity contribution < 1.29 is 9.18 Å². The molecule has 0 saturated heterocycles. The zero-order chi connectivity index (χ0) is 15.4. The number of halogens is 1. The van der Waals surface area contributed by atoms with Crippen LogP contribution < -0.4 is 16.4 Å². The van der Waals surface area contributed by atoms with Crippen molar-refractivity contribution in [3.8, 4) is 0 Å². The normalized spacial score (nSPS) is 22.0. The van der Waals surface area contributed by atoms with Gasteiger partial charge in [0.2, 0.25) is 0 Å². The van der Waals surface area contributed by atoms with Gasteiger partial charge in [-0.15, -0.1) is 0 Å². The predicted molar refractivity (Wildman–Crippen MR) is 82.8 cm³/mol. The van der Waals surface area contributed by atoms with E-state index in [2.05, 4.69) is 11.8 Å². The van der Waals surface area contributed by atoms with Crippen molar-refractivity contribution in [3.63, 3.8) is 0 Å². The summed E-state index contributed by atoms with van der Waals surface area (Å²) >= 11 is 0. The first-order valence-corrected chi connectivity index (χ1v) is 7.65. The van der Waals surface area contributed by atoms with Crippen molar-refractivity contribution >= 4 is 11.6 Å². The Kier molecular flexibility index (Phi) is 5.17. The fraction of sp³-hybridized carbons (Fsp3) is 0.562. The van der Waals surface area contributed by atoms with E-state index in [9.17, 15) is 9.18 Å². The average Bonchev–Trinajstić information content (AvgIpc) is 2.45. The largest absolute Gasteiger partial charge is 0.368 e. The molecule has 1 aliphatic rings. The molecule has 116 valence electrons. The van der Waals surface area contributed by atoms with Crippen LogP contribution in [0.25, 0.3) is 0 Å². The predicted octanol–water partition coefficient (Wildman–Crippen LogP) is 2.41. The van der Waals surface area contributed by atoms with Crippen molar-refractivity contribution in [2.24, 2.45) is 11.5 Å². The van der Waals surface area contributed by atoms with Gasteiger partial charge in [0, 0.05) is 18.6 Å². The van der Waals surface area contributed by atoms with Crippen LogP contribution in [0.3, 0.4) is 0 Å². The van der Waals surface area contributed by atoms with Crippen molar-refractivity contribution in [1.29, 1.82) is 0 Å². The summed E-state index contributed by atoms with van der Waals surface area (Å²) in [6.07, 6.45) is 4.79. The van der Waals surface area contributed by atoms with Gasteiger partial charge in [0.15, 0.2) is 0 Å². The number of rotatable bonds is 5. The maximum atomic E-state index is 14.0. The zero-order valence-electron chi connectivity index (χ0n) is 12.5. The lowest BCUT2D eigenvalue weighted by Crippen LogP contribution is -2.42. The molecule has 0 radical (unpaired) electrons. The first-order chi connectivity index (χ1) is 10.0. The van der Waals surface area contributed by atoms with Crippen LogP contribution in [0, 0.1) is 5.82 Å². The summed E-state index contributed by atoms with van der Waals surface area (Å²) in [7, 11) is 0. The number of nitrogens with zero attached hydrogens (tertiary/aromatic N) is 1. The van der Waals surface area contributed by atoms with Gasteiger partial charge in [0.1, 0.15) is 5.82 Å². The number of carbonyl (C=O) groups is 1. The third kappa shape index (κ3) is 3.53. The number of benzene rings is 1. The molecule has 0 heterocycles. The molecule has 0 unspecified atom stereocenters. The summed E-state index contributed by atoms with van der Waals surface area (Å²) in [5.74, 6) is -1.26. The van der Waals surface area contributed by atoms with Crippen LogP contribution in [-0.4, -0.2) is 24.5 Å². The van der Waals surface area contributed by atoms with Gasteiger partial charge in [0.05, 0.1) is 11.3 Å². The molecule has 0 aliphatic heterocycles. The van der Waals surface area contributed by atoms with Crippen LogP contribution in [0.4, 0.5) is 10.1 Å². The fourth-order valence-corrected chi connectivity index (χ4v) is 3.15. The molecule has 5 heteroatoms. The minimum atomic E-state index is -0.711. The monoisotopic (exact) mass is 293 g/mol. The maximum Gasteiger partial charge on any atom is 0.253 e. The lowest BCUT2D eigenvalue weighted by Gasteiger charge is -2.38. The number of hydrogen-bond donors (Lipinski definition) is 2. The third-order valence-corrected chi connectivity index (χ3v) is 4.19. The van der Waals surface area contributed by atoms with Gasteiger partial charge in [-0.1, -0.05) is 13.0 Å². The van der Waals surface area contributed by atoms with E-state index in [4.69, 9.17) is 11.5 Å². The lowest BCUT2D eigenvalue weighted by atomic mass is 9.90. The van der Waals surface area contributed by atoms with E-state index in [-0.39, 0.29) is 11.6 Å². The number of amides is 1. The molecule has 1 fully saturated rings. The first-order valence-electron chi connectivity index (χ1n) is 7.65. The van der Waals surface area contributed by atoms with E-state index >= 15 is 0 Å². The Hall–Kier alpha value is -1.62. The molecule has 4 nitrogen and oxygen atoms in total. The fourth-order valence-electron chi connectivity index (χ4n) is 3.15. The molecule has 0 bridgehead atoms. The van der Waals surface area contributed by atoms with Gasteiger partial charge in [0.25, 0.3) is 5.91 Å². The van der Waals surface area contributed by atoms with Crippen LogP contribution in [-0.2, 0) is 0 Å². The Morgan fingerprint density at radius 3 is 2.57 bits per heavy atom. The van der Waals surface area contributed by atoms with Gasteiger partial charge in [-0.25, -0.2) is 4.39 Å². The minimum Gasteiger partial charge on any atom is -0.368 e. The highest BCUT2D eigenvalue weighted by Gasteiger charge is 2.27. The molecular weight excluding hydrogens is 269 g/mol. The molecule has 0 aromatic heterocycles. The van der Waals surface area contributed by atoms with Gasteiger partial charge < -0.3 is 16.4 Å². The van der Waals surface area contributed by atoms with Crippen molar-refractivity contribution in [2.75, 3.05) is 11.4 Å². The van der Waals surface area contributed by atoms with Crippen LogP contribution >= 0.6 is 0 Å². The highest BCUT2D eigenvalue weighted by molar-refractivity contribution is 5.99. The standard InChI is InChI=1S/C16H24FN3O/c1-2-10-20(12-8-6-11(18)7-9-12)14-5-3-4-13(17)15(14)16(19)21/h3-5,11-12H,2,6-10,18H2,1H3,(H2,19,21). The van der Waals surface area contributed by atoms with Crippen molar-refractivity contribution in [2.45, 2.75) is 51.1 Å². The molecular formula is C16H24FN3O. The maximum absolute atomic E-state index is 14.0. The molecule has 1 aliphatic carbocycles. The lowest BCUT2D eigenvalue weighted by molar-refractivity contribution is 0.0997. The third-order valence-electron chi connectivity index (χ3n) is 4.19. The van der Waals surface area contributed by atoms with Crippen LogP contribution in [0.2, 0.25) is 0 Å². The molecule has 0 atom stereocenters. The van der Waals surface area contributed by atoms with Crippen LogP contribution in [0.5, 0.6) is 0 Å². The highest BCUT2D eigenvalue weighted by Crippen LogP contribution is 2.30. The Morgan fingerprint density at radius 1 is 1.33 bits per heavy atom. The van der Waals surface area contributed by atoms with E-state index in [1.165, 1.54) is 6.07 Å². The number of carbonyl (C=O) groups excluding carboxylic acids is 1.